The van der Waals surface area contributed by atoms with Gasteiger partial charge in [-0.05, 0) is 24.1 Å². The molecule has 3 N–H and O–H groups in total. The molecule has 0 aromatic heterocycles. The number of hydrogen-bond donors (Lipinski definition) is 3. The Bertz CT molecular complexity index is 489. The van der Waals surface area contributed by atoms with Crippen LogP contribution in [0, 0.1) is 5.92 Å². The van der Waals surface area contributed by atoms with Crippen molar-refractivity contribution >= 4 is 23.4 Å². The van der Waals surface area contributed by atoms with Crippen LogP contribution in [-0.2, 0) is 4.79 Å². The zero-order chi connectivity index (χ0) is 15.1. The fourth-order valence-electron chi connectivity index (χ4n) is 1.49. The normalized spacial score (nSPS) is 10.4. The number of hydrogen-bond acceptors (Lipinski definition) is 3. The van der Waals surface area contributed by atoms with Gasteiger partial charge in [0, 0.05) is 24.5 Å². The first-order chi connectivity index (χ1) is 9.40. The van der Waals surface area contributed by atoms with Gasteiger partial charge in [0.1, 0.15) is 5.75 Å². The van der Waals surface area contributed by atoms with Gasteiger partial charge in [0.2, 0.25) is 5.91 Å². The van der Waals surface area contributed by atoms with Crippen LogP contribution in [0.1, 0.15) is 30.6 Å². The van der Waals surface area contributed by atoms with Crippen molar-refractivity contribution < 1.29 is 14.7 Å². The lowest BCUT2D eigenvalue weighted by Gasteiger charge is -2.09. The zero-order valence-corrected chi connectivity index (χ0v) is 12.3. The van der Waals surface area contributed by atoms with E-state index in [1.165, 1.54) is 18.2 Å². The quantitative estimate of drug-likeness (QED) is 0.751. The van der Waals surface area contributed by atoms with E-state index >= 15 is 0 Å². The Morgan fingerprint density at radius 1 is 1.30 bits per heavy atom. The van der Waals surface area contributed by atoms with Gasteiger partial charge in [-0.15, -0.1) is 0 Å². The lowest BCUT2D eigenvalue weighted by Crippen LogP contribution is -2.32. The molecule has 0 aliphatic carbocycles. The highest BCUT2D eigenvalue weighted by molar-refractivity contribution is 6.30. The van der Waals surface area contributed by atoms with Crippen LogP contribution in [0.25, 0.3) is 0 Å². The van der Waals surface area contributed by atoms with Crippen LogP contribution in [0.3, 0.4) is 0 Å². The van der Waals surface area contributed by atoms with Crippen molar-refractivity contribution in [1.29, 1.82) is 0 Å². The van der Waals surface area contributed by atoms with Crippen molar-refractivity contribution in [1.82, 2.24) is 10.6 Å². The molecule has 0 heterocycles. The molecule has 0 saturated carbocycles. The van der Waals surface area contributed by atoms with E-state index in [9.17, 15) is 14.7 Å². The van der Waals surface area contributed by atoms with E-state index in [1.807, 2.05) is 13.8 Å². The number of phenols is 1. The van der Waals surface area contributed by atoms with Gasteiger partial charge in [-0.25, -0.2) is 0 Å². The molecular weight excluding hydrogens is 280 g/mol. The summed E-state index contributed by atoms with van der Waals surface area (Å²) in [5.74, 6) is -0.339. The fraction of sp³-hybridized carbons (Fsp3) is 0.429. The van der Waals surface area contributed by atoms with Gasteiger partial charge in [0.15, 0.2) is 0 Å². The molecule has 1 rings (SSSR count). The van der Waals surface area contributed by atoms with Crippen LogP contribution in [0.5, 0.6) is 5.75 Å². The molecule has 0 aliphatic heterocycles. The lowest BCUT2D eigenvalue weighted by molar-refractivity contribution is -0.121. The van der Waals surface area contributed by atoms with Gasteiger partial charge < -0.3 is 15.7 Å². The number of rotatable bonds is 6. The van der Waals surface area contributed by atoms with E-state index < -0.39 is 5.91 Å². The molecule has 1 aromatic rings. The molecule has 2 amide bonds. The average Bonchev–Trinajstić information content (AvgIpc) is 2.36. The number of amides is 2. The Morgan fingerprint density at radius 3 is 2.60 bits per heavy atom. The van der Waals surface area contributed by atoms with Crippen LogP contribution in [0.4, 0.5) is 0 Å². The third-order valence-electron chi connectivity index (χ3n) is 2.55. The number of halogens is 1. The topological polar surface area (TPSA) is 78.4 Å². The maximum atomic E-state index is 11.8. The summed E-state index contributed by atoms with van der Waals surface area (Å²) in [4.78, 5) is 23.2. The summed E-state index contributed by atoms with van der Waals surface area (Å²) in [6, 6.07) is 4.25. The van der Waals surface area contributed by atoms with Crippen LogP contribution < -0.4 is 10.6 Å². The maximum Gasteiger partial charge on any atom is 0.255 e. The summed E-state index contributed by atoms with van der Waals surface area (Å²) in [6.45, 7) is 4.84. The van der Waals surface area contributed by atoms with Crippen molar-refractivity contribution in [3.63, 3.8) is 0 Å². The molecule has 0 saturated heterocycles. The smallest absolute Gasteiger partial charge is 0.255 e. The average molecular weight is 299 g/mol. The Balaban J connectivity index is 2.38. The number of benzene rings is 1. The predicted molar refractivity (Wildman–Crippen MR) is 77.9 cm³/mol. The maximum absolute atomic E-state index is 11.8. The van der Waals surface area contributed by atoms with E-state index in [2.05, 4.69) is 10.6 Å². The zero-order valence-electron chi connectivity index (χ0n) is 11.6. The molecule has 0 aliphatic rings. The van der Waals surface area contributed by atoms with Gasteiger partial charge in [0.05, 0.1) is 5.56 Å². The first-order valence-electron chi connectivity index (χ1n) is 6.43. The molecule has 1 aromatic carbocycles. The van der Waals surface area contributed by atoms with Crippen molar-refractivity contribution in [2.24, 2.45) is 5.92 Å². The molecule has 0 radical (unpaired) electrons. The third kappa shape index (κ3) is 5.48. The molecule has 0 spiro atoms. The monoisotopic (exact) mass is 298 g/mol. The number of nitrogens with one attached hydrogen (secondary N) is 2. The molecule has 0 bridgehead atoms. The largest absolute Gasteiger partial charge is 0.507 e. The second-order valence-electron chi connectivity index (χ2n) is 4.87. The van der Waals surface area contributed by atoms with Crippen LogP contribution in [-0.4, -0.2) is 30.0 Å². The highest BCUT2D eigenvalue weighted by Gasteiger charge is 2.11. The Hall–Kier alpha value is -1.75. The first-order valence-corrected chi connectivity index (χ1v) is 6.81. The Morgan fingerprint density at radius 2 is 2.00 bits per heavy atom. The van der Waals surface area contributed by atoms with Gasteiger partial charge in [-0.1, -0.05) is 25.4 Å². The summed E-state index contributed by atoms with van der Waals surface area (Å²) < 4.78 is 0. The molecule has 0 unspecified atom stereocenters. The highest BCUT2D eigenvalue weighted by Crippen LogP contribution is 2.21. The molecule has 20 heavy (non-hydrogen) atoms. The minimum Gasteiger partial charge on any atom is -0.507 e. The SMILES string of the molecule is CC(C)CNC(=O)CCNC(=O)c1ccc(Cl)cc1O. The molecule has 5 nitrogen and oxygen atoms in total. The minimum atomic E-state index is -0.434. The van der Waals surface area contributed by atoms with Gasteiger partial charge >= 0.3 is 0 Å². The van der Waals surface area contributed by atoms with Gasteiger partial charge in [-0.2, -0.15) is 0 Å². The molecular formula is C14H19ClN2O3. The van der Waals surface area contributed by atoms with Crippen LogP contribution in [0.15, 0.2) is 18.2 Å². The number of carbonyl (C=O) groups excluding carboxylic acids is 2. The summed E-state index contributed by atoms with van der Waals surface area (Å²) >= 11 is 5.68. The Kier molecular flexibility index (Phi) is 6.31. The number of phenolic OH excluding ortho intramolecular Hbond substituents is 1. The predicted octanol–water partition coefficient (Wildman–Crippen LogP) is 1.94. The summed E-state index contributed by atoms with van der Waals surface area (Å²) in [5.41, 5.74) is 0.136. The second-order valence-corrected chi connectivity index (χ2v) is 5.30. The molecule has 0 fully saturated rings. The second kappa shape index (κ2) is 7.75. The van der Waals surface area contributed by atoms with E-state index in [1.54, 1.807) is 0 Å². The number of aromatic hydroxyl groups is 1. The van der Waals surface area contributed by atoms with Gasteiger partial charge in [0.25, 0.3) is 5.91 Å². The standard InChI is InChI=1S/C14H19ClN2O3/c1-9(2)8-17-13(19)5-6-16-14(20)11-4-3-10(15)7-12(11)18/h3-4,7,9,18H,5-6,8H2,1-2H3,(H,16,20)(H,17,19). The van der Waals surface area contributed by atoms with Gasteiger partial charge in [-0.3, -0.25) is 9.59 Å². The summed E-state index contributed by atoms with van der Waals surface area (Å²) in [6.07, 6.45) is 0.201. The third-order valence-corrected chi connectivity index (χ3v) is 2.78. The first kappa shape index (κ1) is 16.3. The van der Waals surface area contributed by atoms with Crippen molar-refractivity contribution in [2.75, 3.05) is 13.1 Å². The van der Waals surface area contributed by atoms with E-state index in [0.717, 1.165) is 0 Å². The lowest BCUT2D eigenvalue weighted by atomic mass is 10.2. The Labute approximate surface area is 123 Å². The van der Waals surface area contributed by atoms with Crippen molar-refractivity contribution in [3.8, 4) is 5.75 Å². The van der Waals surface area contributed by atoms with E-state index in [4.69, 9.17) is 11.6 Å². The van der Waals surface area contributed by atoms with Crippen molar-refractivity contribution in [3.05, 3.63) is 28.8 Å². The van der Waals surface area contributed by atoms with Crippen LogP contribution in [0.2, 0.25) is 5.02 Å². The number of carbonyl (C=O) groups is 2. The minimum absolute atomic E-state index is 0.112. The molecule has 110 valence electrons. The van der Waals surface area contributed by atoms with Crippen LogP contribution >= 0.6 is 11.6 Å². The molecule has 6 heteroatoms. The van der Waals surface area contributed by atoms with E-state index in [0.29, 0.717) is 17.5 Å². The fourth-order valence-corrected chi connectivity index (χ4v) is 1.65. The van der Waals surface area contributed by atoms with Crippen molar-refractivity contribution in [2.45, 2.75) is 20.3 Å². The summed E-state index contributed by atoms with van der Waals surface area (Å²) in [5, 5.41) is 15.3. The van der Waals surface area contributed by atoms with E-state index in [-0.39, 0.29) is 30.2 Å². The highest BCUT2D eigenvalue weighted by atomic mass is 35.5. The molecule has 0 atom stereocenters. The summed E-state index contributed by atoms with van der Waals surface area (Å²) in [7, 11) is 0.